The van der Waals surface area contributed by atoms with E-state index in [0.29, 0.717) is 0 Å². The average molecular weight is 683 g/mol. The van der Waals surface area contributed by atoms with Crippen molar-refractivity contribution in [2.75, 3.05) is 0 Å². The van der Waals surface area contributed by atoms with Gasteiger partial charge in [-0.05, 0) is 35.4 Å². The van der Waals surface area contributed by atoms with Crippen molar-refractivity contribution in [2.24, 2.45) is 0 Å². The molecule has 0 aliphatic carbocycles. The van der Waals surface area contributed by atoms with E-state index >= 15 is 0 Å². The van der Waals surface area contributed by atoms with Crippen molar-refractivity contribution < 1.29 is 44.0 Å². The highest BCUT2D eigenvalue weighted by molar-refractivity contribution is 8.06. The van der Waals surface area contributed by atoms with E-state index in [4.69, 9.17) is 44.0 Å². The van der Waals surface area contributed by atoms with Crippen LogP contribution < -0.4 is 0 Å². The smallest absolute Gasteiger partial charge is 0.319 e. The predicted molar refractivity (Wildman–Crippen MR) is 178 cm³/mol. The van der Waals surface area contributed by atoms with Crippen molar-refractivity contribution in [3.63, 3.8) is 0 Å². The van der Waals surface area contributed by atoms with Gasteiger partial charge in [0.05, 0.1) is 0 Å². The first-order valence-electron chi connectivity index (χ1n) is 14.2. The van der Waals surface area contributed by atoms with Crippen molar-refractivity contribution in [1.82, 2.24) is 0 Å². The Kier molecular flexibility index (Phi) is 48.4. The number of hydrogen-bond acceptors (Lipinski definition) is 3. The van der Waals surface area contributed by atoms with Crippen LogP contribution in [0.5, 0.6) is 0 Å². The quantitative estimate of drug-likeness (QED) is 0.0516. The van der Waals surface area contributed by atoms with Crippen molar-refractivity contribution in [3.8, 4) is 0 Å². The van der Waals surface area contributed by atoms with E-state index in [1.165, 1.54) is 128 Å². The summed E-state index contributed by atoms with van der Waals surface area (Å²) in [4.78, 5) is 68.0. The maximum absolute atomic E-state index is 7.56. The summed E-state index contributed by atoms with van der Waals surface area (Å²) < 4.78 is 0. The minimum atomic E-state index is -3.81. The number of rotatable bonds is 18. The Hall–Kier alpha value is 1.59. The fourth-order valence-electron chi connectivity index (χ4n) is 3.12. The van der Waals surface area contributed by atoms with Gasteiger partial charge in [-0.25, -0.2) is 0 Å². The molecule has 0 radical (unpaired) electrons. The molecule has 0 heterocycles. The van der Waals surface area contributed by atoms with Gasteiger partial charge in [-0.2, -0.15) is 0 Å². The largest absolute Gasteiger partial charge is 0.325 e. The molecule has 0 aromatic rings. The van der Waals surface area contributed by atoms with Crippen LogP contribution in [0.4, 0.5) is 0 Å². The summed E-state index contributed by atoms with van der Waals surface area (Å²) in [7, 11) is 0. The predicted octanol–water partition coefficient (Wildman–Crippen LogP) is 7.42. The van der Waals surface area contributed by atoms with E-state index in [-0.39, 0.29) is 0 Å². The van der Waals surface area contributed by atoms with Crippen molar-refractivity contribution in [1.29, 1.82) is 0 Å². The van der Waals surface area contributed by atoms with Crippen LogP contribution >= 0.6 is 20.2 Å². The first-order valence-corrected chi connectivity index (χ1v) is 22.2. The molecule has 0 unspecified atom stereocenters. The minimum Gasteiger partial charge on any atom is -0.325 e. The second kappa shape index (κ2) is 37.6. The Labute approximate surface area is 254 Å². The molecule has 0 saturated carbocycles. The lowest BCUT2D eigenvalue weighted by Gasteiger charge is -1.99. The lowest BCUT2D eigenvalue weighted by atomic mass is 10.1. The van der Waals surface area contributed by atoms with Crippen molar-refractivity contribution in [3.05, 3.63) is 0 Å². The number of hydrogen-bond donors (Lipinski definition) is 9. The van der Waals surface area contributed by atoms with Crippen LogP contribution in [0.15, 0.2) is 0 Å². The highest BCUT2D eigenvalue weighted by atomic mass is 32.5. The molecule has 0 aromatic heterocycles. The van der Waals surface area contributed by atoms with E-state index < -0.39 is 20.2 Å². The van der Waals surface area contributed by atoms with E-state index in [1.54, 1.807) is 0 Å². The molecule has 244 valence electrons. The molecular formula is C24H61O9P3S3. The Morgan fingerprint density at radius 1 is 0.282 bits per heavy atom. The Bertz CT molecular complexity index is 474. The summed E-state index contributed by atoms with van der Waals surface area (Å²) in [6, 6.07) is 0. The van der Waals surface area contributed by atoms with E-state index in [2.05, 4.69) is 63.1 Å². The minimum absolute atomic E-state index is 1.37. The standard InChI is InChI=1S/2C12H26.3H3O3PS/c2*1-3-5-7-9-11-12-10-8-6-4-2;3*1-4(2,3)5/h2*3-12H2,1-2H3;3*(H3,1,2,3,5). The molecule has 9 N–H and O–H groups in total. The van der Waals surface area contributed by atoms with E-state index in [1.807, 2.05) is 0 Å². The van der Waals surface area contributed by atoms with Gasteiger partial charge in [0.25, 0.3) is 0 Å². The number of unbranched alkanes of at least 4 members (excludes halogenated alkanes) is 18. The molecule has 15 heteroatoms. The van der Waals surface area contributed by atoms with E-state index in [0.717, 1.165) is 0 Å². The van der Waals surface area contributed by atoms with Gasteiger partial charge in [-0.15, -0.1) is 0 Å². The average Bonchev–Trinajstić information content (AvgIpc) is 2.75. The maximum Gasteiger partial charge on any atom is 0.319 e. The highest BCUT2D eigenvalue weighted by Crippen LogP contribution is 2.27. The van der Waals surface area contributed by atoms with Gasteiger partial charge in [0.1, 0.15) is 0 Å². The Morgan fingerprint density at radius 3 is 0.436 bits per heavy atom. The molecule has 0 aliphatic heterocycles. The van der Waals surface area contributed by atoms with Crippen LogP contribution in [0.1, 0.15) is 156 Å². The third-order valence-corrected chi connectivity index (χ3v) is 4.91. The molecule has 0 aliphatic rings. The van der Waals surface area contributed by atoms with Gasteiger partial charge < -0.3 is 44.0 Å². The van der Waals surface area contributed by atoms with Gasteiger partial charge in [0.15, 0.2) is 0 Å². The zero-order valence-corrected chi connectivity index (χ0v) is 29.9. The van der Waals surface area contributed by atoms with Crippen LogP contribution in [0.3, 0.4) is 0 Å². The molecule has 0 rings (SSSR count). The lowest BCUT2D eigenvalue weighted by molar-refractivity contribution is 0.361. The molecule has 0 atom stereocenters. The Balaban J connectivity index is -0.000000132. The molecule has 0 bridgehead atoms. The first-order chi connectivity index (χ1) is 17.8. The van der Waals surface area contributed by atoms with Crippen LogP contribution in [-0.2, 0) is 35.4 Å². The van der Waals surface area contributed by atoms with Crippen LogP contribution in [0.25, 0.3) is 0 Å². The monoisotopic (exact) mass is 682 g/mol. The molecule has 9 nitrogen and oxygen atoms in total. The topological polar surface area (TPSA) is 182 Å². The second-order valence-corrected chi connectivity index (χ2v) is 16.7. The van der Waals surface area contributed by atoms with Gasteiger partial charge in [-0.1, -0.05) is 156 Å². The van der Waals surface area contributed by atoms with Gasteiger partial charge in [-0.3, -0.25) is 0 Å². The summed E-state index contributed by atoms with van der Waals surface area (Å²) in [6.07, 6.45) is 28.9. The molecule has 0 spiro atoms. The lowest BCUT2D eigenvalue weighted by Crippen LogP contribution is -1.80. The molecule has 0 saturated heterocycles. The third-order valence-electron chi connectivity index (χ3n) is 4.91. The molecule has 0 amide bonds. The van der Waals surface area contributed by atoms with E-state index in [9.17, 15) is 0 Å². The summed E-state index contributed by atoms with van der Waals surface area (Å²) in [6.45, 7) is -2.30. The fraction of sp³-hybridized carbons (Fsp3) is 1.00. The molecule has 0 fully saturated rings. The summed E-state index contributed by atoms with van der Waals surface area (Å²) >= 11 is 10.8. The first kappa shape index (κ1) is 50.2. The fourth-order valence-corrected chi connectivity index (χ4v) is 3.12. The van der Waals surface area contributed by atoms with Crippen LogP contribution in [0.2, 0.25) is 0 Å². The SMILES string of the molecule is CCCCCCCCCCCC.CCCCCCCCCCCC.OP(O)(O)=S.OP(O)(O)=S.OP(O)(O)=S. The normalized spacial score (nSPS) is 11.0. The molecule has 39 heavy (non-hydrogen) atoms. The third kappa shape index (κ3) is 146. The van der Waals surface area contributed by atoms with Gasteiger partial charge >= 0.3 is 20.2 Å². The summed E-state index contributed by atoms with van der Waals surface area (Å²) in [5, 5.41) is 0. The molecule has 0 aromatic carbocycles. The van der Waals surface area contributed by atoms with Crippen LogP contribution in [-0.4, -0.2) is 44.0 Å². The van der Waals surface area contributed by atoms with Crippen molar-refractivity contribution >= 4 is 55.6 Å². The zero-order valence-electron chi connectivity index (χ0n) is 24.7. The Morgan fingerprint density at radius 2 is 0.359 bits per heavy atom. The van der Waals surface area contributed by atoms with Crippen LogP contribution in [0, 0.1) is 0 Å². The van der Waals surface area contributed by atoms with Gasteiger partial charge in [0.2, 0.25) is 0 Å². The summed E-state index contributed by atoms with van der Waals surface area (Å²) in [5.74, 6) is 0. The molecular weight excluding hydrogens is 621 g/mol. The van der Waals surface area contributed by atoms with Crippen molar-refractivity contribution in [2.45, 2.75) is 156 Å². The zero-order chi connectivity index (χ0) is 31.6. The second-order valence-electron chi connectivity index (χ2n) is 9.20. The van der Waals surface area contributed by atoms with Gasteiger partial charge in [0, 0.05) is 0 Å². The highest BCUT2D eigenvalue weighted by Gasteiger charge is 1.94. The maximum atomic E-state index is 7.56. The summed E-state index contributed by atoms with van der Waals surface area (Å²) in [5.41, 5.74) is 0.